The van der Waals surface area contributed by atoms with Gasteiger partial charge in [0.1, 0.15) is 0 Å². The lowest BCUT2D eigenvalue weighted by Crippen LogP contribution is -2.41. The number of hydrogen-bond donors (Lipinski definition) is 0. The van der Waals surface area contributed by atoms with E-state index in [2.05, 4.69) is 111 Å². The topological polar surface area (TPSA) is 22.7 Å². The fraction of sp³-hybridized carbons (Fsp3) is 1.00. The summed E-state index contributed by atoms with van der Waals surface area (Å²) < 4.78 is 0. The second-order valence-corrected chi connectivity index (χ2v) is 17.0. The molecule has 0 radical (unpaired) electrons. The fourth-order valence-electron chi connectivity index (χ4n) is 7.13. The molecule has 7 fully saturated rings. The summed E-state index contributed by atoms with van der Waals surface area (Å²) in [5.41, 5.74) is 0. The van der Waals surface area contributed by atoms with Crippen LogP contribution in [0, 0.1) is 23.7 Å². The van der Waals surface area contributed by atoms with E-state index >= 15 is 0 Å². The fourth-order valence-corrected chi connectivity index (χ4v) is 7.13. The Kier molecular flexibility index (Phi) is 26.1. The molecule has 7 rings (SSSR count). The minimum absolute atomic E-state index is 0.939. The van der Waals surface area contributed by atoms with Crippen LogP contribution < -0.4 is 0 Å². The average molecular weight is 666 g/mol. The normalized spacial score (nSPS) is 28.4. The average Bonchev–Trinajstić information content (AvgIpc) is 3.64. The van der Waals surface area contributed by atoms with Gasteiger partial charge < -0.3 is 34.3 Å². The molecule has 7 saturated heterocycles. The van der Waals surface area contributed by atoms with Crippen LogP contribution in [0.15, 0.2) is 0 Å². The van der Waals surface area contributed by atoms with Crippen molar-refractivity contribution >= 4 is 0 Å². The molecule has 7 heteroatoms. The highest BCUT2D eigenvalue weighted by Gasteiger charge is 2.17. The van der Waals surface area contributed by atoms with Crippen LogP contribution in [0.5, 0.6) is 0 Å². The van der Waals surface area contributed by atoms with E-state index in [1.54, 1.807) is 0 Å². The Labute approximate surface area is 296 Å². The summed E-state index contributed by atoms with van der Waals surface area (Å²) in [4.78, 5) is 16.6. The molecule has 0 saturated carbocycles. The summed E-state index contributed by atoms with van der Waals surface area (Å²) in [7, 11) is 15.3. The summed E-state index contributed by atoms with van der Waals surface area (Å²) in [5, 5.41) is 0. The largest absolute Gasteiger partial charge is 0.306 e. The van der Waals surface area contributed by atoms with Gasteiger partial charge in [-0.2, -0.15) is 0 Å². The first-order valence-electron chi connectivity index (χ1n) is 20.1. The van der Waals surface area contributed by atoms with Crippen molar-refractivity contribution in [3.8, 4) is 0 Å². The van der Waals surface area contributed by atoms with Gasteiger partial charge in [0.2, 0.25) is 0 Å². The van der Waals surface area contributed by atoms with Crippen LogP contribution in [0.25, 0.3) is 0 Å². The van der Waals surface area contributed by atoms with Gasteiger partial charge in [0.25, 0.3) is 0 Å². The number of piperidine rings is 3. The van der Waals surface area contributed by atoms with Gasteiger partial charge in [0, 0.05) is 26.2 Å². The molecule has 2 atom stereocenters. The van der Waals surface area contributed by atoms with E-state index in [9.17, 15) is 0 Å². The van der Waals surface area contributed by atoms with Crippen molar-refractivity contribution in [2.45, 2.75) is 98.3 Å². The van der Waals surface area contributed by atoms with E-state index in [4.69, 9.17) is 0 Å². The quantitative estimate of drug-likeness (QED) is 0.297. The standard InChI is InChI=1S/2C7H15N.2C6H13N.2C5H11N.C4H9N/c1-7-3-5-8(2)6-4-7;1-7-4-3-5-8(2)6-7;1-6-3-4-7(2)5-6;1-7-5-3-2-4-6-7;1-5-3-6(2)4-5;1-6-4-2-3-5-6;1-5-3-2-4-5/h2*7H,3-6H2,1-2H3;6H,3-5H2,1-2H3;2-6H2,1H3;5H,3-4H2,1-2H3;2-5H2,1H3;2-4H2,1H3. The van der Waals surface area contributed by atoms with Crippen LogP contribution in [-0.4, -0.2) is 175 Å². The zero-order valence-electron chi connectivity index (χ0n) is 34.1. The minimum atomic E-state index is 0.939. The maximum Gasteiger partial charge on any atom is 0.00163 e. The van der Waals surface area contributed by atoms with Gasteiger partial charge in [-0.1, -0.05) is 34.1 Å². The van der Waals surface area contributed by atoms with Gasteiger partial charge in [-0.05, 0) is 203 Å². The number of hydrogen-bond acceptors (Lipinski definition) is 7. The Morgan fingerprint density at radius 2 is 0.574 bits per heavy atom. The van der Waals surface area contributed by atoms with Gasteiger partial charge in [-0.15, -0.1) is 0 Å². The van der Waals surface area contributed by atoms with E-state index in [-0.39, 0.29) is 0 Å². The van der Waals surface area contributed by atoms with Crippen LogP contribution >= 0.6 is 0 Å². The molecule has 0 aliphatic carbocycles. The summed E-state index contributed by atoms with van der Waals surface area (Å²) in [6, 6.07) is 0. The molecular formula is C40H87N7. The van der Waals surface area contributed by atoms with Crippen molar-refractivity contribution in [1.29, 1.82) is 0 Å². The molecule has 0 aromatic rings. The summed E-state index contributed by atoms with van der Waals surface area (Å²) in [6.45, 7) is 27.6. The molecule has 0 aromatic heterocycles. The van der Waals surface area contributed by atoms with Crippen LogP contribution in [0.4, 0.5) is 0 Å². The number of rotatable bonds is 0. The Balaban J connectivity index is 0.000000275. The maximum absolute atomic E-state index is 2.41. The monoisotopic (exact) mass is 666 g/mol. The first-order chi connectivity index (χ1) is 22.3. The van der Waals surface area contributed by atoms with E-state index in [1.165, 1.54) is 162 Å². The van der Waals surface area contributed by atoms with Crippen molar-refractivity contribution in [2.75, 3.05) is 141 Å². The van der Waals surface area contributed by atoms with Gasteiger partial charge in [-0.3, -0.25) is 0 Å². The molecule has 282 valence electrons. The second kappa shape index (κ2) is 27.4. The van der Waals surface area contributed by atoms with Crippen molar-refractivity contribution in [3.63, 3.8) is 0 Å². The minimum Gasteiger partial charge on any atom is -0.306 e. The van der Waals surface area contributed by atoms with Crippen LogP contribution in [0.1, 0.15) is 98.3 Å². The predicted octanol–water partition coefficient (Wildman–Crippen LogP) is 6.36. The van der Waals surface area contributed by atoms with Gasteiger partial charge in [0.05, 0.1) is 0 Å². The van der Waals surface area contributed by atoms with Crippen molar-refractivity contribution < 1.29 is 0 Å². The van der Waals surface area contributed by atoms with Gasteiger partial charge in [-0.25, -0.2) is 0 Å². The smallest absolute Gasteiger partial charge is 0.00163 e. The molecule has 0 amide bonds. The number of nitrogens with zero attached hydrogens (tertiary/aromatic N) is 7. The highest BCUT2D eigenvalue weighted by atomic mass is 15.2. The Morgan fingerprint density at radius 3 is 0.766 bits per heavy atom. The molecule has 7 nitrogen and oxygen atoms in total. The van der Waals surface area contributed by atoms with Gasteiger partial charge >= 0.3 is 0 Å². The third kappa shape index (κ3) is 26.2. The molecule has 7 aliphatic heterocycles. The van der Waals surface area contributed by atoms with E-state index in [0.29, 0.717) is 0 Å². The molecule has 0 spiro atoms. The number of likely N-dealkylation sites (tertiary alicyclic amines) is 7. The second-order valence-electron chi connectivity index (χ2n) is 17.0. The zero-order chi connectivity index (χ0) is 35.0. The highest BCUT2D eigenvalue weighted by Crippen LogP contribution is 2.14. The highest BCUT2D eigenvalue weighted by molar-refractivity contribution is 4.71. The molecule has 2 unspecified atom stereocenters. The summed E-state index contributed by atoms with van der Waals surface area (Å²) in [6.07, 6.45) is 15.5. The Bertz CT molecular complexity index is 642. The summed E-state index contributed by atoms with van der Waals surface area (Å²) in [5.74, 6) is 3.83. The SMILES string of the molecule is CC1CCCN(C)C1.CC1CCN(C)C1.CC1CCN(C)CC1.CC1CN(C)C1.CN1CCC1.CN1CCCC1.CN1CCCCC1. The van der Waals surface area contributed by atoms with Crippen LogP contribution in [-0.2, 0) is 0 Å². The first-order valence-corrected chi connectivity index (χ1v) is 20.1. The van der Waals surface area contributed by atoms with Crippen molar-refractivity contribution in [3.05, 3.63) is 0 Å². The van der Waals surface area contributed by atoms with E-state index in [0.717, 1.165) is 23.7 Å². The lowest BCUT2D eigenvalue weighted by molar-refractivity contribution is 0.149. The molecule has 0 N–H and O–H groups in total. The Morgan fingerprint density at radius 1 is 0.255 bits per heavy atom. The lowest BCUT2D eigenvalue weighted by Gasteiger charge is -2.33. The first kappa shape index (κ1) is 44.7. The van der Waals surface area contributed by atoms with Crippen LogP contribution in [0.3, 0.4) is 0 Å². The zero-order valence-corrected chi connectivity index (χ0v) is 34.1. The third-order valence-corrected chi connectivity index (χ3v) is 10.7. The molecule has 0 aromatic carbocycles. The third-order valence-electron chi connectivity index (χ3n) is 10.7. The van der Waals surface area contributed by atoms with Crippen molar-refractivity contribution in [1.82, 2.24) is 34.3 Å². The maximum atomic E-state index is 2.41. The molecule has 7 heterocycles. The predicted molar refractivity (Wildman–Crippen MR) is 210 cm³/mol. The molecular weight excluding hydrogens is 578 g/mol. The van der Waals surface area contributed by atoms with E-state index < -0.39 is 0 Å². The Hall–Kier alpha value is -0.280. The summed E-state index contributed by atoms with van der Waals surface area (Å²) >= 11 is 0. The molecule has 47 heavy (non-hydrogen) atoms. The molecule has 0 bridgehead atoms. The van der Waals surface area contributed by atoms with Gasteiger partial charge in [0.15, 0.2) is 0 Å². The van der Waals surface area contributed by atoms with E-state index in [1.807, 2.05) is 0 Å². The molecule has 7 aliphatic rings. The lowest BCUT2D eigenvalue weighted by atomic mass is 10.00. The van der Waals surface area contributed by atoms with Crippen molar-refractivity contribution in [2.24, 2.45) is 23.7 Å². The van der Waals surface area contributed by atoms with Crippen LogP contribution in [0.2, 0.25) is 0 Å².